The molecule has 1 aromatic heterocycles. The molecule has 1 saturated heterocycles. The first-order chi connectivity index (χ1) is 9.83. The molecule has 0 unspecified atom stereocenters. The predicted octanol–water partition coefficient (Wildman–Crippen LogP) is 4.07. The lowest BCUT2D eigenvalue weighted by Crippen LogP contribution is -2.25. The van der Waals surface area contributed by atoms with Crippen molar-refractivity contribution in [3.8, 4) is 17.1 Å². The summed E-state index contributed by atoms with van der Waals surface area (Å²) in [7, 11) is 0. The van der Waals surface area contributed by atoms with Crippen molar-refractivity contribution < 1.29 is 9.15 Å². The molecule has 3 rings (SSSR count). The van der Waals surface area contributed by atoms with Crippen LogP contribution in [0.1, 0.15) is 12.8 Å². The molecule has 0 saturated carbocycles. The Labute approximate surface area is 124 Å². The van der Waals surface area contributed by atoms with Crippen molar-refractivity contribution in [2.24, 2.45) is 0 Å². The van der Waals surface area contributed by atoms with Crippen molar-refractivity contribution in [3.63, 3.8) is 0 Å². The molecule has 4 heteroatoms. The number of likely N-dealkylation sites (tertiary alicyclic amines) is 1. The molecular formula is C16H18ClNO2. The summed E-state index contributed by atoms with van der Waals surface area (Å²) in [6.07, 6.45) is 4.26. The van der Waals surface area contributed by atoms with Gasteiger partial charge in [-0.1, -0.05) is 11.6 Å². The van der Waals surface area contributed by atoms with Gasteiger partial charge < -0.3 is 9.15 Å². The Kier molecular flexibility index (Phi) is 4.28. The molecule has 0 radical (unpaired) electrons. The van der Waals surface area contributed by atoms with Gasteiger partial charge in [-0.15, -0.1) is 0 Å². The molecule has 3 nitrogen and oxygen atoms in total. The second kappa shape index (κ2) is 6.33. The highest BCUT2D eigenvalue weighted by atomic mass is 35.5. The number of furan rings is 1. The Balaban J connectivity index is 1.59. The quantitative estimate of drug-likeness (QED) is 0.830. The van der Waals surface area contributed by atoms with E-state index in [0.717, 1.165) is 23.6 Å². The second-order valence-electron chi connectivity index (χ2n) is 5.02. The van der Waals surface area contributed by atoms with Crippen LogP contribution in [0.2, 0.25) is 5.02 Å². The number of halogens is 1. The SMILES string of the molecule is Clc1cc(-c2ccco2)ccc1OCCN1CCCC1. The van der Waals surface area contributed by atoms with Gasteiger partial charge in [-0.3, -0.25) is 4.90 Å². The first kappa shape index (κ1) is 13.5. The lowest BCUT2D eigenvalue weighted by atomic mass is 10.2. The molecule has 0 N–H and O–H groups in total. The summed E-state index contributed by atoms with van der Waals surface area (Å²) in [6, 6.07) is 9.54. The Morgan fingerprint density at radius 2 is 2.05 bits per heavy atom. The topological polar surface area (TPSA) is 25.6 Å². The highest BCUT2D eigenvalue weighted by molar-refractivity contribution is 6.32. The van der Waals surface area contributed by atoms with Crippen molar-refractivity contribution in [2.75, 3.05) is 26.2 Å². The Hall–Kier alpha value is -1.45. The summed E-state index contributed by atoms with van der Waals surface area (Å²) in [5, 5.41) is 0.625. The van der Waals surface area contributed by atoms with Crippen molar-refractivity contribution in [1.29, 1.82) is 0 Å². The average molecular weight is 292 g/mol. The summed E-state index contributed by atoms with van der Waals surface area (Å²) in [5.74, 6) is 1.55. The zero-order valence-electron chi connectivity index (χ0n) is 11.3. The predicted molar refractivity (Wildman–Crippen MR) is 80.3 cm³/mol. The molecular weight excluding hydrogens is 274 g/mol. The summed E-state index contributed by atoms with van der Waals surface area (Å²) >= 11 is 6.26. The normalized spacial score (nSPS) is 15.7. The van der Waals surface area contributed by atoms with Crippen LogP contribution in [0.5, 0.6) is 5.75 Å². The van der Waals surface area contributed by atoms with Crippen LogP contribution in [0.4, 0.5) is 0 Å². The third-order valence-electron chi connectivity index (χ3n) is 3.60. The van der Waals surface area contributed by atoms with Crippen LogP contribution >= 0.6 is 11.6 Å². The van der Waals surface area contributed by atoms with Gasteiger partial charge in [-0.25, -0.2) is 0 Å². The molecule has 2 heterocycles. The molecule has 0 amide bonds. The lowest BCUT2D eigenvalue weighted by molar-refractivity contribution is 0.238. The number of hydrogen-bond donors (Lipinski definition) is 0. The number of ether oxygens (including phenoxy) is 1. The zero-order valence-corrected chi connectivity index (χ0v) is 12.1. The van der Waals surface area contributed by atoms with Crippen molar-refractivity contribution in [3.05, 3.63) is 41.6 Å². The van der Waals surface area contributed by atoms with E-state index in [1.54, 1.807) is 6.26 Å². The van der Waals surface area contributed by atoms with Crippen molar-refractivity contribution in [2.45, 2.75) is 12.8 Å². The van der Waals surface area contributed by atoms with Gasteiger partial charge in [0.2, 0.25) is 0 Å². The number of hydrogen-bond acceptors (Lipinski definition) is 3. The largest absolute Gasteiger partial charge is 0.491 e. The number of rotatable bonds is 5. The highest BCUT2D eigenvalue weighted by Gasteiger charge is 2.11. The molecule has 1 fully saturated rings. The first-order valence-electron chi connectivity index (χ1n) is 7.01. The molecule has 0 spiro atoms. The zero-order chi connectivity index (χ0) is 13.8. The minimum atomic E-state index is 0.625. The standard InChI is InChI=1S/C16H18ClNO2/c17-14-12-13(15-4-3-10-19-15)5-6-16(14)20-11-9-18-7-1-2-8-18/h3-6,10,12H,1-2,7-9,11H2. The van der Waals surface area contributed by atoms with Crippen molar-refractivity contribution >= 4 is 11.6 Å². The third-order valence-corrected chi connectivity index (χ3v) is 3.90. The van der Waals surface area contributed by atoms with Crippen LogP contribution in [-0.2, 0) is 0 Å². The van der Waals surface area contributed by atoms with E-state index in [9.17, 15) is 0 Å². The van der Waals surface area contributed by atoms with Crippen molar-refractivity contribution in [1.82, 2.24) is 4.90 Å². The van der Waals surface area contributed by atoms with Gasteiger partial charge in [-0.05, 0) is 56.3 Å². The van der Waals surface area contributed by atoms with Gasteiger partial charge in [-0.2, -0.15) is 0 Å². The van der Waals surface area contributed by atoms with Gasteiger partial charge in [0.25, 0.3) is 0 Å². The summed E-state index contributed by atoms with van der Waals surface area (Å²) < 4.78 is 11.1. The smallest absolute Gasteiger partial charge is 0.137 e. The minimum Gasteiger partial charge on any atom is -0.491 e. The van der Waals surface area contributed by atoms with Crippen LogP contribution in [0.3, 0.4) is 0 Å². The monoisotopic (exact) mass is 291 g/mol. The molecule has 0 aliphatic carbocycles. The van der Waals surface area contributed by atoms with Gasteiger partial charge in [0.15, 0.2) is 0 Å². The molecule has 20 heavy (non-hydrogen) atoms. The van der Waals surface area contributed by atoms with E-state index in [2.05, 4.69) is 4.90 Å². The van der Waals surface area contributed by atoms with Crippen LogP contribution in [0.15, 0.2) is 41.0 Å². The highest BCUT2D eigenvalue weighted by Crippen LogP contribution is 2.30. The lowest BCUT2D eigenvalue weighted by Gasteiger charge is -2.15. The summed E-state index contributed by atoms with van der Waals surface area (Å²) in [4.78, 5) is 2.42. The first-order valence-corrected chi connectivity index (χ1v) is 7.39. The molecule has 1 aliphatic heterocycles. The fourth-order valence-corrected chi connectivity index (χ4v) is 2.74. The third kappa shape index (κ3) is 3.17. The van der Waals surface area contributed by atoms with E-state index in [4.69, 9.17) is 20.8 Å². The van der Waals surface area contributed by atoms with E-state index in [1.165, 1.54) is 25.9 Å². The maximum absolute atomic E-state index is 6.26. The van der Waals surface area contributed by atoms with Gasteiger partial charge in [0, 0.05) is 12.1 Å². The van der Waals surface area contributed by atoms with E-state index < -0.39 is 0 Å². The maximum Gasteiger partial charge on any atom is 0.137 e. The second-order valence-corrected chi connectivity index (χ2v) is 5.43. The van der Waals surface area contributed by atoms with Crippen LogP contribution in [0, 0.1) is 0 Å². The molecule has 1 aliphatic rings. The number of benzene rings is 1. The molecule has 0 bridgehead atoms. The minimum absolute atomic E-state index is 0.625. The van der Waals surface area contributed by atoms with E-state index in [1.807, 2.05) is 30.3 Å². The average Bonchev–Trinajstić information content (AvgIpc) is 3.12. The molecule has 106 valence electrons. The molecule has 0 atom stereocenters. The van der Waals surface area contributed by atoms with Crippen LogP contribution in [-0.4, -0.2) is 31.1 Å². The van der Waals surface area contributed by atoms with E-state index in [0.29, 0.717) is 11.6 Å². The summed E-state index contributed by atoms with van der Waals surface area (Å²) in [6.45, 7) is 4.03. The summed E-state index contributed by atoms with van der Waals surface area (Å²) in [5.41, 5.74) is 0.965. The number of nitrogens with zero attached hydrogens (tertiary/aromatic N) is 1. The van der Waals surface area contributed by atoms with E-state index >= 15 is 0 Å². The fraction of sp³-hybridized carbons (Fsp3) is 0.375. The Bertz CT molecular complexity index is 548. The van der Waals surface area contributed by atoms with Crippen LogP contribution in [0.25, 0.3) is 11.3 Å². The molecule has 1 aromatic carbocycles. The Morgan fingerprint density at radius 3 is 2.75 bits per heavy atom. The van der Waals surface area contributed by atoms with Crippen LogP contribution < -0.4 is 4.74 Å². The van der Waals surface area contributed by atoms with Gasteiger partial charge in [0.1, 0.15) is 18.1 Å². The van der Waals surface area contributed by atoms with E-state index in [-0.39, 0.29) is 0 Å². The molecule has 2 aromatic rings. The fourth-order valence-electron chi connectivity index (χ4n) is 2.50. The maximum atomic E-state index is 6.26. The van der Waals surface area contributed by atoms with Gasteiger partial charge in [0.05, 0.1) is 11.3 Å². The van der Waals surface area contributed by atoms with Gasteiger partial charge >= 0.3 is 0 Å². The Morgan fingerprint density at radius 1 is 1.20 bits per heavy atom.